The minimum Gasteiger partial charge on any atom is -0.497 e. The number of rotatable bonds is 5. The van der Waals surface area contributed by atoms with E-state index in [1.807, 2.05) is 65.0 Å². The number of hydrogen-bond acceptors (Lipinski definition) is 6. The molecular formula is C25H26ClN5O2S. The molecule has 0 saturated carbocycles. The Morgan fingerprint density at radius 3 is 2.65 bits per heavy atom. The predicted molar refractivity (Wildman–Crippen MR) is 137 cm³/mol. The number of nitrogens with zero attached hydrogens (tertiary/aromatic N) is 5. The molecule has 0 bridgehead atoms. The number of aryl methyl sites for hydroxylation is 1. The third-order valence-corrected chi connectivity index (χ3v) is 7.70. The van der Waals surface area contributed by atoms with Crippen molar-refractivity contribution in [2.24, 2.45) is 0 Å². The van der Waals surface area contributed by atoms with Gasteiger partial charge < -0.3 is 14.5 Å². The van der Waals surface area contributed by atoms with Crippen LogP contribution >= 0.6 is 22.9 Å². The second-order valence-electron chi connectivity index (χ2n) is 8.33. The average Bonchev–Trinajstić information content (AvgIpc) is 3.31. The summed E-state index contributed by atoms with van der Waals surface area (Å²) in [6.45, 7) is 5.04. The van der Waals surface area contributed by atoms with E-state index in [2.05, 4.69) is 4.90 Å². The fourth-order valence-electron chi connectivity index (χ4n) is 4.24. The number of carbonyl (C=O) groups excluding carboxylic acids is 1. The van der Waals surface area contributed by atoms with Crippen molar-refractivity contribution in [3.63, 3.8) is 0 Å². The summed E-state index contributed by atoms with van der Waals surface area (Å²) in [4.78, 5) is 22.1. The highest BCUT2D eigenvalue weighted by molar-refractivity contribution is 7.22. The first-order valence-electron chi connectivity index (χ1n) is 11.3. The van der Waals surface area contributed by atoms with E-state index in [9.17, 15) is 4.79 Å². The minimum atomic E-state index is 0.116. The third kappa shape index (κ3) is 4.48. The minimum absolute atomic E-state index is 0.116. The van der Waals surface area contributed by atoms with Crippen LogP contribution in [0.4, 0.5) is 5.13 Å². The number of aromatic nitrogens is 3. The summed E-state index contributed by atoms with van der Waals surface area (Å²) in [7, 11) is 1.66. The number of anilines is 1. The fraction of sp³-hybridized carbons (Fsp3) is 0.320. The zero-order chi connectivity index (χ0) is 23.7. The van der Waals surface area contributed by atoms with Gasteiger partial charge in [0.1, 0.15) is 5.75 Å². The summed E-state index contributed by atoms with van der Waals surface area (Å²) >= 11 is 7.92. The van der Waals surface area contributed by atoms with Crippen molar-refractivity contribution in [2.75, 3.05) is 38.2 Å². The number of hydrogen-bond donors (Lipinski definition) is 0. The maximum absolute atomic E-state index is 12.9. The van der Waals surface area contributed by atoms with Gasteiger partial charge in [0.15, 0.2) is 10.8 Å². The van der Waals surface area contributed by atoms with Crippen LogP contribution in [0.3, 0.4) is 0 Å². The van der Waals surface area contributed by atoms with Gasteiger partial charge in [-0.15, -0.1) is 0 Å². The van der Waals surface area contributed by atoms with Crippen LogP contribution in [0.25, 0.3) is 16.0 Å². The second kappa shape index (κ2) is 9.64. The first-order chi connectivity index (χ1) is 16.5. The summed E-state index contributed by atoms with van der Waals surface area (Å²) in [6.07, 6.45) is 1.23. The van der Waals surface area contributed by atoms with Gasteiger partial charge in [-0.2, -0.15) is 10.1 Å². The first kappa shape index (κ1) is 22.7. The van der Waals surface area contributed by atoms with Crippen molar-refractivity contribution < 1.29 is 9.53 Å². The quantitative estimate of drug-likeness (QED) is 0.400. The van der Waals surface area contributed by atoms with Crippen LogP contribution in [0.15, 0.2) is 48.5 Å². The zero-order valence-electron chi connectivity index (χ0n) is 19.2. The van der Waals surface area contributed by atoms with Crippen molar-refractivity contribution >= 4 is 44.3 Å². The highest BCUT2D eigenvalue weighted by Gasteiger charge is 2.23. The van der Waals surface area contributed by atoms with E-state index in [0.29, 0.717) is 18.0 Å². The van der Waals surface area contributed by atoms with E-state index < -0.39 is 0 Å². The Labute approximate surface area is 207 Å². The van der Waals surface area contributed by atoms with E-state index in [4.69, 9.17) is 26.4 Å². The molecule has 176 valence electrons. The van der Waals surface area contributed by atoms with Gasteiger partial charge in [0.2, 0.25) is 5.91 Å². The van der Waals surface area contributed by atoms with Crippen molar-refractivity contribution in [1.29, 1.82) is 0 Å². The summed E-state index contributed by atoms with van der Waals surface area (Å²) in [5.41, 5.74) is 3.64. The Hall–Kier alpha value is -3.10. The van der Waals surface area contributed by atoms with E-state index in [1.54, 1.807) is 18.4 Å². The van der Waals surface area contributed by atoms with Gasteiger partial charge in [-0.25, -0.2) is 4.68 Å². The van der Waals surface area contributed by atoms with Crippen LogP contribution in [0.1, 0.15) is 17.7 Å². The van der Waals surface area contributed by atoms with E-state index in [1.165, 1.54) is 0 Å². The summed E-state index contributed by atoms with van der Waals surface area (Å²) in [6, 6.07) is 15.4. The van der Waals surface area contributed by atoms with Gasteiger partial charge in [0.25, 0.3) is 0 Å². The molecule has 0 aliphatic carbocycles. The van der Waals surface area contributed by atoms with Gasteiger partial charge in [-0.05, 0) is 49.2 Å². The van der Waals surface area contributed by atoms with Crippen LogP contribution in [0, 0.1) is 6.92 Å². The van der Waals surface area contributed by atoms with Crippen LogP contribution in [0.2, 0.25) is 5.02 Å². The maximum Gasteiger partial charge on any atom is 0.227 e. The number of methoxy groups -OCH3 is 1. The van der Waals surface area contributed by atoms with E-state index in [-0.39, 0.29) is 5.91 Å². The molecule has 1 amide bonds. The number of benzene rings is 2. The predicted octanol–water partition coefficient (Wildman–Crippen LogP) is 4.73. The molecule has 2 aromatic heterocycles. The highest BCUT2D eigenvalue weighted by Crippen LogP contribution is 2.33. The van der Waals surface area contributed by atoms with Crippen LogP contribution < -0.4 is 9.64 Å². The van der Waals surface area contributed by atoms with Gasteiger partial charge in [0.05, 0.1) is 29.6 Å². The van der Waals surface area contributed by atoms with Gasteiger partial charge >= 0.3 is 0 Å². The lowest BCUT2D eigenvalue weighted by molar-refractivity contribution is -0.130. The SMILES string of the molecule is COc1ccc(-n2nc(C)c3sc(N4CCCN(C(=O)Cc5ccccc5Cl)CC4)nc32)cc1. The molecule has 1 aliphatic heterocycles. The Morgan fingerprint density at radius 2 is 1.88 bits per heavy atom. The lowest BCUT2D eigenvalue weighted by Crippen LogP contribution is -2.36. The standard InChI is InChI=1S/C25H26ClN5O2S/c1-17-23-24(31(28-17)19-8-10-20(33-2)11-9-19)27-25(34-23)30-13-5-12-29(14-15-30)22(32)16-18-6-3-4-7-21(18)26/h3-4,6-11H,5,12-16H2,1-2H3. The molecule has 1 aliphatic rings. The largest absolute Gasteiger partial charge is 0.497 e. The Bertz CT molecular complexity index is 1320. The van der Waals surface area contributed by atoms with Crippen LogP contribution in [-0.4, -0.2) is 58.9 Å². The molecule has 7 nitrogen and oxygen atoms in total. The molecule has 0 unspecified atom stereocenters. The Kier molecular flexibility index (Phi) is 6.43. The normalized spacial score (nSPS) is 14.4. The number of ether oxygens (including phenoxy) is 1. The van der Waals surface area contributed by atoms with Gasteiger partial charge in [-0.3, -0.25) is 4.79 Å². The number of thiazole rings is 1. The lowest BCUT2D eigenvalue weighted by atomic mass is 10.1. The zero-order valence-corrected chi connectivity index (χ0v) is 20.8. The molecule has 0 atom stereocenters. The molecule has 0 spiro atoms. The Morgan fingerprint density at radius 1 is 1.09 bits per heavy atom. The van der Waals surface area contributed by atoms with Gasteiger partial charge in [-0.1, -0.05) is 41.1 Å². The summed E-state index contributed by atoms with van der Waals surface area (Å²) < 4.78 is 8.25. The van der Waals surface area contributed by atoms with Crippen molar-refractivity contribution in [3.8, 4) is 11.4 Å². The van der Waals surface area contributed by atoms with Crippen molar-refractivity contribution in [3.05, 3.63) is 64.8 Å². The van der Waals surface area contributed by atoms with E-state index in [0.717, 1.165) is 64.2 Å². The number of amides is 1. The van der Waals surface area contributed by atoms with E-state index >= 15 is 0 Å². The lowest BCUT2D eigenvalue weighted by Gasteiger charge is -2.22. The average molecular weight is 496 g/mol. The summed E-state index contributed by atoms with van der Waals surface area (Å²) in [5.74, 6) is 0.922. The summed E-state index contributed by atoms with van der Waals surface area (Å²) in [5, 5.41) is 6.32. The van der Waals surface area contributed by atoms with Crippen molar-refractivity contribution in [2.45, 2.75) is 19.8 Å². The molecule has 0 N–H and O–H groups in total. The topological polar surface area (TPSA) is 63.5 Å². The molecule has 5 rings (SSSR count). The molecule has 9 heteroatoms. The molecule has 3 heterocycles. The second-order valence-corrected chi connectivity index (χ2v) is 9.72. The number of carbonyl (C=O) groups is 1. The Balaban J connectivity index is 1.32. The molecular weight excluding hydrogens is 470 g/mol. The van der Waals surface area contributed by atoms with Gasteiger partial charge in [0, 0.05) is 31.2 Å². The smallest absolute Gasteiger partial charge is 0.227 e. The first-order valence-corrected chi connectivity index (χ1v) is 12.5. The molecule has 1 saturated heterocycles. The van der Waals surface area contributed by atoms with Crippen LogP contribution in [-0.2, 0) is 11.2 Å². The molecule has 2 aromatic carbocycles. The van der Waals surface area contributed by atoms with Crippen LogP contribution in [0.5, 0.6) is 5.75 Å². The third-order valence-electron chi connectivity index (χ3n) is 6.11. The monoisotopic (exact) mass is 495 g/mol. The van der Waals surface area contributed by atoms with Crippen molar-refractivity contribution in [1.82, 2.24) is 19.7 Å². The molecule has 1 fully saturated rings. The molecule has 34 heavy (non-hydrogen) atoms. The number of halogens is 1. The molecule has 4 aromatic rings. The highest BCUT2D eigenvalue weighted by atomic mass is 35.5. The number of fused-ring (bicyclic) bond motifs is 1. The maximum atomic E-state index is 12.9. The molecule has 0 radical (unpaired) electrons. The fourth-order valence-corrected chi connectivity index (χ4v) is 5.48.